The molecule has 2 aromatic heterocycles. The van der Waals surface area contributed by atoms with Crippen LogP contribution in [0.3, 0.4) is 0 Å². The van der Waals surface area contributed by atoms with Gasteiger partial charge in [-0.25, -0.2) is 9.97 Å². The summed E-state index contributed by atoms with van der Waals surface area (Å²) in [5.41, 5.74) is 9.51. The number of hydrogen-bond donors (Lipinski definition) is 1. The number of aromatic nitrogens is 3. The Balaban J connectivity index is 2.29. The minimum Gasteiger partial charge on any atom is -0.383 e. The number of nitrogen functional groups attached to an aromatic ring is 1. The Bertz CT molecular complexity index is 625. The van der Waals surface area contributed by atoms with Gasteiger partial charge in [0.25, 0.3) is 0 Å². The highest BCUT2D eigenvalue weighted by atomic mass is 15.1. The Kier molecular flexibility index (Phi) is 4.83. The number of hydrogen-bond acceptors (Lipinski definition) is 4. The number of fused-ring (bicyclic) bond motifs is 1. The van der Waals surface area contributed by atoms with E-state index in [1.54, 1.807) is 0 Å². The molecule has 116 valence electrons. The first-order valence-corrected chi connectivity index (χ1v) is 7.81. The van der Waals surface area contributed by atoms with Gasteiger partial charge >= 0.3 is 0 Å². The van der Waals surface area contributed by atoms with Crippen LogP contribution in [-0.4, -0.2) is 39.1 Å². The van der Waals surface area contributed by atoms with Crippen molar-refractivity contribution in [1.82, 2.24) is 19.4 Å². The summed E-state index contributed by atoms with van der Waals surface area (Å²) in [6, 6.07) is 0. The van der Waals surface area contributed by atoms with Crippen molar-refractivity contribution in [3.05, 3.63) is 17.1 Å². The zero-order valence-corrected chi connectivity index (χ0v) is 13.9. The van der Waals surface area contributed by atoms with E-state index in [-0.39, 0.29) is 0 Å². The molecular formula is C16H27N5. The highest BCUT2D eigenvalue weighted by Gasteiger charge is 2.16. The third kappa shape index (κ3) is 3.02. The fourth-order valence-corrected chi connectivity index (χ4v) is 2.94. The van der Waals surface area contributed by atoms with Gasteiger partial charge in [0.05, 0.1) is 5.39 Å². The Morgan fingerprint density at radius 2 is 1.76 bits per heavy atom. The van der Waals surface area contributed by atoms with Crippen molar-refractivity contribution >= 4 is 16.9 Å². The average molecular weight is 289 g/mol. The molecule has 5 heteroatoms. The summed E-state index contributed by atoms with van der Waals surface area (Å²) in [6.45, 7) is 14.9. The molecule has 0 saturated heterocycles. The maximum atomic E-state index is 6.09. The fraction of sp³-hybridized carbons (Fsp3) is 0.625. The molecule has 2 N–H and O–H groups in total. The van der Waals surface area contributed by atoms with E-state index in [0.717, 1.165) is 49.5 Å². The van der Waals surface area contributed by atoms with Gasteiger partial charge in [0, 0.05) is 12.2 Å². The highest BCUT2D eigenvalue weighted by molar-refractivity contribution is 5.91. The van der Waals surface area contributed by atoms with Gasteiger partial charge in [-0.1, -0.05) is 13.8 Å². The monoisotopic (exact) mass is 289 g/mol. The number of anilines is 1. The lowest BCUT2D eigenvalue weighted by Gasteiger charge is -2.18. The fourth-order valence-electron chi connectivity index (χ4n) is 2.94. The zero-order valence-electron chi connectivity index (χ0n) is 13.9. The molecule has 0 atom stereocenters. The van der Waals surface area contributed by atoms with Crippen molar-refractivity contribution in [2.45, 2.75) is 47.6 Å². The molecule has 0 radical (unpaired) electrons. The summed E-state index contributed by atoms with van der Waals surface area (Å²) in [7, 11) is 0. The lowest BCUT2D eigenvalue weighted by Crippen LogP contribution is -2.25. The Morgan fingerprint density at radius 3 is 2.38 bits per heavy atom. The molecule has 0 saturated carbocycles. The van der Waals surface area contributed by atoms with Crippen LogP contribution in [0.25, 0.3) is 11.0 Å². The van der Waals surface area contributed by atoms with Gasteiger partial charge in [-0.2, -0.15) is 0 Å². The van der Waals surface area contributed by atoms with E-state index in [1.165, 1.54) is 11.3 Å². The van der Waals surface area contributed by atoms with Crippen LogP contribution < -0.4 is 5.73 Å². The molecule has 0 unspecified atom stereocenters. The molecule has 0 aliphatic heterocycles. The quantitative estimate of drug-likeness (QED) is 0.888. The molecule has 0 bridgehead atoms. The van der Waals surface area contributed by atoms with Crippen LogP contribution in [-0.2, 0) is 6.54 Å². The van der Waals surface area contributed by atoms with Gasteiger partial charge in [0.1, 0.15) is 17.3 Å². The summed E-state index contributed by atoms with van der Waals surface area (Å²) < 4.78 is 2.29. The summed E-state index contributed by atoms with van der Waals surface area (Å²) in [4.78, 5) is 11.4. The van der Waals surface area contributed by atoms with Crippen molar-refractivity contribution in [2.24, 2.45) is 0 Å². The van der Waals surface area contributed by atoms with Gasteiger partial charge in [-0.05, 0) is 52.4 Å². The van der Waals surface area contributed by atoms with Gasteiger partial charge in [-0.3, -0.25) is 0 Å². The molecular weight excluding hydrogens is 262 g/mol. The molecule has 0 aromatic carbocycles. The molecule has 5 nitrogen and oxygen atoms in total. The lowest BCUT2D eigenvalue weighted by atomic mass is 10.2. The van der Waals surface area contributed by atoms with Gasteiger partial charge in [0.15, 0.2) is 0 Å². The van der Waals surface area contributed by atoms with Crippen LogP contribution in [0.2, 0.25) is 0 Å². The highest BCUT2D eigenvalue weighted by Crippen LogP contribution is 2.27. The van der Waals surface area contributed by atoms with E-state index in [2.05, 4.69) is 47.1 Å². The van der Waals surface area contributed by atoms with Crippen molar-refractivity contribution in [3.63, 3.8) is 0 Å². The lowest BCUT2D eigenvalue weighted by molar-refractivity contribution is 0.293. The first kappa shape index (κ1) is 15.8. The van der Waals surface area contributed by atoms with Crippen LogP contribution in [0, 0.1) is 20.8 Å². The van der Waals surface area contributed by atoms with E-state index in [0.29, 0.717) is 5.82 Å². The molecule has 0 spiro atoms. The number of rotatable bonds is 6. The molecule has 21 heavy (non-hydrogen) atoms. The average Bonchev–Trinajstić information content (AvgIpc) is 2.68. The second-order valence-corrected chi connectivity index (χ2v) is 5.60. The topological polar surface area (TPSA) is 60.0 Å². The maximum absolute atomic E-state index is 6.09. The Morgan fingerprint density at radius 1 is 1.10 bits per heavy atom. The second kappa shape index (κ2) is 6.43. The first-order valence-electron chi connectivity index (χ1n) is 7.81. The minimum absolute atomic E-state index is 0.598. The van der Waals surface area contributed by atoms with Crippen LogP contribution >= 0.6 is 0 Å². The Hall–Kier alpha value is -1.62. The number of nitrogens with two attached hydrogens (primary N) is 1. The standard InChI is InChI=1S/C16H27N5/c1-6-20(7-2)9-8-10-21-12(4)11(3)14-15(17)18-13(5)19-16(14)21/h6-10H2,1-5H3,(H2,17,18,19). The molecule has 0 aliphatic rings. The minimum atomic E-state index is 0.598. The zero-order chi connectivity index (χ0) is 15.6. The van der Waals surface area contributed by atoms with E-state index in [9.17, 15) is 0 Å². The largest absolute Gasteiger partial charge is 0.383 e. The normalized spacial score (nSPS) is 11.7. The van der Waals surface area contributed by atoms with E-state index in [1.807, 2.05) is 6.92 Å². The maximum Gasteiger partial charge on any atom is 0.146 e. The SMILES string of the molecule is CCN(CC)CCCn1c(C)c(C)c2c(N)nc(C)nc21. The van der Waals surface area contributed by atoms with Gasteiger partial charge in [0.2, 0.25) is 0 Å². The summed E-state index contributed by atoms with van der Waals surface area (Å²) in [5, 5.41) is 1.01. The van der Waals surface area contributed by atoms with E-state index >= 15 is 0 Å². The summed E-state index contributed by atoms with van der Waals surface area (Å²) in [6.07, 6.45) is 1.12. The van der Waals surface area contributed by atoms with Crippen LogP contribution in [0.15, 0.2) is 0 Å². The van der Waals surface area contributed by atoms with E-state index < -0.39 is 0 Å². The van der Waals surface area contributed by atoms with Gasteiger partial charge in [-0.15, -0.1) is 0 Å². The molecule has 2 rings (SSSR count). The smallest absolute Gasteiger partial charge is 0.146 e. The number of nitrogens with zero attached hydrogens (tertiary/aromatic N) is 4. The third-order valence-corrected chi connectivity index (χ3v) is 4.36. The predicted molar refractivity (Wildman–Crippen MR) is 88.6 cm³/mol. The summed E-state index contributed by atoms with van der Waals surface area (Å²) >= 11 is 0. The molecule has 2 aromatic rings. The number of aryl methyl sites for hydroxylation is 3. The van der Waals surface area contributed by atoms with Crippen molar-refractivity contribution in [2.75, 3.05) is 25.4 Å². The summed E-state index contributed by atoms with van der Waals surface area (Å²) in [5.74, 6) is 1.34. The molecule has 2 heterocycles. The second-order valence-electron chi connectivity index (χ2n) is 5.60. The van der Waals surface area contributed by atoms with Crippen molar-refractivity contribution < 1.29 is 0 Å². The predicted octanol–water partition coefficient (Wildman–Crippen LogP) is 2.67. The van der Waals surface area contributed by atoms with Gasteiger partial charge < -0.3 is 15.2 Å². The third-order valence-electron chi connectivity index (χ3n) is 4.36. The van der Waals surface area contributed by atoms with Crippen LogP contribution in [0.4, 0.5) is 5.82 Å². The van der Waals surface area contributed by atoms with Crippen LogP contribution in [0.1, 0.15) is 37.4 Å². The Labute approximate surface area is 127 Å². The molecule has 0 amide bonds. The molecule has 0 aliphatic carbocycles. The van der Waals surface area contributed by atoms with E-state index in [4.69, 9.17) is 5.73 Å². The van der Waals surface area contributed by atoms with Crippen LogP contribution in [0.5, 0.6) is 0 Å². The first-order chi connectivity index (χ1) is 9.99. The van der Waals surface area contributed by atoms with Crippen molar-refractivity contribution in [3.8, 4) is 0 Å². The van der Waals surface area contributed by atoms with Crippen molar-refractivity contribution in [1.29, 1.82) is 0 Å². The molecule has 0 fully saturated rings.